The molecule has 2 heterocycles. The predicted molar refractivity (Wildman–Crippen MR) is 108 cm³/mol. The zero-order chi connectivity index (χ0) is 19.4. The summed E-state index contributed by atoms with van der Waals surface area (Å²) in [4.78, 5) is 31.4. The number of thiazole rings is 1. The summed E-state index contributed by atoms with van der Waals surface area (Å²) in [5, 5.41) is 6.11. The fraction of sp³-hybridized carbons (Fsp3) is 0.476. The SMILES string of the molecule is Cc1nc(CCNC(=O)C2CCN(C(=O)c3ccc(C)c(C)c3)CC2)cs1. The molecule has 144 valence electrons. The van der Waals surface area contributed by atoms with Crippen LogP contribution in [-0.4, -0.2) is 41.3 Å². The molecule has 1 aliphatic heterocycles. The third-order valence-corrected chi connectivity index (χ3v) is 6.08. The monoisotopic (exact) mass is 385 g/mol. The van der Waals surface area contributed by atoms with E-state index in [0.29, 0.717) is 19.6 Å². The normalized spacial score (nSPS) is 15.0. The molecule has 0 unspecified atom stereocenters. The van der Waals surface area contributed by atoms with Gasteiger partial charge < -0.3 is 10.2 Å². The summed E-state index contributed by atoms with van der Waals surface area (Å²) >= 11 is 1.63. The van der Waals surface area contributed by atoms with Gasteiger partial charge in [-0.25, -0.2) is 4.98 Å². The number of carbonyl (C=O) groups is 2. The number of piperidine rings is 1. The van der Waals surface area contributed by atoms with Crippen molar-refractivity contribution in [2.24, 2.45) is 5.92 Å². The average molecular weight is 386 g/mol. The number of nitrogens with zero attached hydrogens (tertiary/aromatic N) is 2. The summed E-state index contributed by atoms with van der Waals surface area (Å²) in [6.45, 7) is 7.94. The van der Waals surface area contributed by atoms with Crippen molar-refractivity contribution in [1.29, 1.82) is 0 Å². The highest BCUT2D eigenvalue weighted by Crippen LogP contribution is 2.20. The summed E-state index contributed by atoms with van der Waals surface area (Å²) < 4.78 is 0. The second kappa shape index (κ2) is 8.65. The highest BCUT2D eigenvalue weighted by atomic mass is 32.1. The van der Waals surface area contributed by atoms with Crippen LogP contribution >= 0.6 is 11.3 Å². The number of hydrogen-bond acceptors (Lipinski definition) is 4. The molecule has 1 aliphatic rings. The van der Waals surface area contributed by atoms with Crippen LogP contribution in [0.5, 0.6) is 0 Å². The topological polar surface area (TPSA) is 62.3 Å². The van der Waals surface area contributed by atoms with Gasteiger partial charge in [0, 0.05) is 42.9 Å². The lowest BCUT2D eigenvalue weighted by Gasteiger charge is -2.31. The maximum Gasteiger partial charge on any atom is 0.253 e. The number of rotatable bonds is 5. The zero-order valence-corrected chi connectivity index (χ0v) is 17.1. The molecule has 1 aromatic heterocycles. The smallest absolute Gasteiger partial charge is 0.253 e. The lowest BCUT2D eigenvalue weighted by Crippen LogP contribution is -2.43. The van der Waals surface area contributed by atoms with Gasteiger partial charge >= 0.3 is 0 Å². The van der Waals surface area contributed by atoms with Crippen molar-refractivity contribution in [1.82, 2.24) is 15.2 Å². The number of aryl methyl sites for hydroxylation is 3. The molecule has 1 fully saturated rings. The van der Waals surface area contributed by atoms with Gasteiger partial charge in [0.05, 0.1) is 10.7 Å². The van der Waals surface area contributed by atoms with Crippen molar-refractivity contribution in [2.75, 3.05) is 19.6 Å². The first kappa shape index (κ1) is 19.5. The largest absolute Gasteiger partial charge is 0.355 e. The van der Waals surface area contributed by atoms with Crippen molar-refractivity contribution in [3.8, 4) is 0 Å². The van der Waals surface area contributed by atoms with Gasteiger partial charge in [-0.2, -0.15) is 0 Å². The first-order chi connectivity index (χ1) is 12.9. The van der Waals surface area contributed by atoms with E-state index in [4.69, 9.17) is 0 Å². The quantitative estimate of drug-likeness (QED) is 0.859. The van der Waals surface area contributed by atoms with E-state index >= 15 is 0 Å². The Bertz CT molecular complexity index is 823. The molecule has 0 aliphatic carbocycles. The molecule has 2 aromatic rings. The molecular formula is C21H27N3O2S. The van der Waals surface area contributed by atoms with Crippen molar-refractivity contribution >= 4 is 23.2 Å². The van der Waals surface area contributed by atoms with Crippen LogP contribution in [0.4, 0.5) is 0 Å². The Kier molecular flexibility index (Phi) is 6.26. The van der Waals surface area contributed by atoms with Gasteiger partial charge in [0.1, 0.15) is 0 Å². The summed E-state index contributed by atoms with van der Waals surface area (Å²) in [5.74, 6) is 0.155. The third kappa shape index (κ3) is 4.95. The van der Waals surface area contributed by atoms with Crippen LogP contribution in [0.25, 0.3) is 0 Å². The van der Waals surface area contributed by atoms with Crippen molar-refractivity contribution in [2.45, 2.75) is 40.0 Å². The molecule has 0 atom stereocenters. The number of likely N-dealkylation sites (tertiary alicyclic amines) is 1. The van der Waals surface area contributed by atoms with Crippen LogP contribution in [0.15, 0.2) is 23.6 Å². The van der Waals surface area contributed by atoms with Crippen LogP contribution in [0.2, 0.25) is 0 Å². The fourth-order valence-corrected chi connectivity index (χ4v) is 4.03. The van der Waals surface area contributed by atoms with E-state index in [1.807, 2.05) is 49.3 Å². The van der Waals surface area contributed by atoms with Gasteiger partial charge in [-0.3, -0.25) is 9.59 Å². The Morgan fingerprint density at radius 1 is 1.19 bits per heavy atom. The minimum atomic E-state index is -0.00836. The van der Waals surface area contributed by atoms with E-state index in [1.165, 1.54) is 5.56 Å². The standard InChI is InChI=1S/C21H27N3O2S/c1-14-4-5-18(12-15(14)2)21(26)24-10-7-17(8-11-24)20(25)22-9-6-19-13-27-16(3)23-19/h4-5,12-13,17H,6-11H2,1-3H3,(H,22,25). The van der Waals surface area contributed by atoms with Gasteiger partial charge in [0.15, 0.2) is 0 Å². The average Bonchev–Trinajstić information content (AvgIpc) is 3.08. The Balaban J connectivity index is 1.45. The van der Waals surface area contributed by atoms with Crippen LogP contribution < -0.4 is 5.32 Å². The minimum absolute atomic E-state index is 0.00836. The number of amides is 2. The van der Waals surface area contributed by atoms with Crippen LogP contribution in [0, 0.1) is 26.7 Å². The maximum atomic E-state index is 12.7. The van der Waals surface area contributed by atoms with Gasteiger partial charge in [0.2, 0.25) is 5.91 Å². The van der Waals surface area contributed by atoms with Crippen LogP contribution in [0.3, 0.4) is 0 Å². The molecule has 5 nitrogen and oxygen atoms in total. The number of nitrogens with one attached hydrogen (secondary N) is 1. The second-order valence-corrected chi connectivity index (χ2v) is 8.33. The molecule has 1 saturated heterocycles. The van der Waals surface area contributed by atoms with Gasteiger partial charge in [-0.05, 0) is 56.9 Å². The molecule has 1 aromatic carbocycles. The van der Waals surface area contributed by atoms with Crippen LogP contribution in [-0.2, 0) is 11.2 Å². The van der Waals surface area contributed by atoms with Crippen LogP contribution in [0.1, 0.15) is 45.0 Å². The molecular weight excluding hydrogens is 358 g/mol. The van der Waals surface area contributed by atoms with E-state index in [1.54, 1.807) is 11.3 Å². The van der Waals surface area contributed by atoms with Gasteiger partial charge in [-0.1, -0.05) is 6.07 Å². The molecule has 6 heteroatoms. The number of hydrogen-bond donors (Lipinski definition) is 1. The lowest BCUT2D eigenvalue weighted by molar-refractivity contribution is -0.126. The molecule has 1 N–H and O–H groups in total. The number of carbonyl (C=O) groups excluding carboxylic acids is 2. The first-order valence-corrected chi connectivity index (χ1v) is 10.4. The summed E-state index contributed by atoms with van der Waals surface area (Å²) in [5.41, 5.74) is 4.09. The predicted octanol–water partition coefficient (Wildman–Crippen LogP) is 3.28. The molecule has 0 radical (unpaired) electrons. The molecule has 3 rings (SSSR count). The molecule has 0 saturated carbocycles. The Hall–Kier alpha value is -2.21. The Labute approximate surface area is 164 Å². The van der Waals surface area contributed by atoms with E-state index in [9.17, 15) is 9.59 Å². The van der Waals surface area contributed by atoms with E-state index < -0.39 is 0 Å². The molecule has 0 bridgehead atoms. The maximum absolute atomic E-state index is 12.7. The Morgan fingerprint density at radius 3 is 2.56 bits per heavy atom. The molecule has 2 amide bonds. The zero-order valence-electron chi connectivity index (χ0n) is 16.2. The lowest BCUT2D eigenvalue weighted by atomic mass is 9.95. The molecule has 27 heavy (non-hydrogen) atoms. The van der Waals surface area contributed by atoms with E-state index in [2.05, 4.69) is 10.3 Å². The van der Waals surface area contributed by atoms with Crippen molar-refractivity contribution < 1.29 is 9.59 Å². The second-order valence-electron chi connectivity index (χ2n) is 7.26. The fourth-order valence-electron chi connectivity index (χ4n) is 3.38. The van der Waals surface area contributed by atoms with E-state index in [0.717, 1.165) is 41.1 Å². The summed E-state index contributed by atoms with van der Waals surface area (Å²) in [6.07, 6.45) is 2.20. The van der Waals surface area contributed by atoms with Crippen molar-refractivity contribution in [3.05, 3.63) is 51.0 Å². The van der Waals surface area contributed by atoms with Crippen molar-refractivity contribution in [3.63, 3.8) is 0 Å². The first-order valence-electron chi connectivity index (χ1n) is 9.49. The molecule has 0 spiro atoms. The number of benzene rings is 1. The highest BCUT2D eigenvalue weighted by molar-refractivity contribution is 7.09. The highest BCUT2D eigenvalue weighted by Gasteiger charge is 2.27. The van der Waals surface area contributed by atoms with Gasteiger partial charge in [0.25, 0.3) is 5.91 Å². The third-order valence-electron chi connectivity index (χ3n) is 5.25. The minimum Gasteiger partial charge on any atom is -0.355 e. The Morgan fingerprint density at radius 2 is 1.93 bits per heavy atom. The van der Waals surface area contributed by atoms with Gasteiger partial charge in [-0.15, -0.1) is 11.3 Å². The van der Waals surface area contributed by atoms with E-state index in [-0.39, 0.29) is 17.7 Å². The summed E-state index contributed by atoms with van der Waals surface area (Å²) in [6, 6.07) is 5.84. The number of aromatic nitrogens is 1. The summed E-state index contributed by atoms with van der Waals surface area (Å²) in [7, 11) is 0.